The van der Waals surface area contributed by atoms with E-state index in [4.69, 9.17) is 4.74 Å². The summed E-state index contributed by atoms with van der Waals surface area (Å²) in [6.07, 6.45) is 3.92. The number of benzene rings is 1. The Bertz CT molecular complexity index is 606. The molecule has 0 radical (unpaired) electrons. The fraction of sp³-hybridized carbons (Fsp3) is 0.650. The molecule has 2 aliphatic rings. The van der Waals surface area contributed by atoms with Gasteiger partial charge in [0.15, 0.2) is 0 Å². The topological polar surface area (TPSA) is 49.8 Å². The third-order valence-corrected chi connectivity index (χ3v) is 5.17. The van der Waals surface area contributed by atoms with Gasteiger partial charge in [0.2, 0.25) is 0 Å². The molecule has 2 bridgehead atoms. The van der Waals surface area contributed by atoms with Crippen LogP contribution in [0.1, 0.15) is 64.0 Å². The van der Waals surface area contributed by atoms with Crippen LogP contribution in [-0.2, 0) is 10.3 Å². The van der Waals surface area contributed by atoms with Gasteiger partial charge in [0.25, 0.3) is 0 Å². The Morgan fingerprint density at radius 1 is 1.25 bits per heavy atom. The Hall–Kier alpha value is -1.55. The molecule has 2 unspecified atom stereocenters. The van der Waals surface area contributed by atoms with E-state index in [1.807, 2.05) is 50.8 Å². The predicted octanol–water partition coefficient (Wildman–Crippen LogP) is 4.13. The molecule has 3 rings (SSSR count). The number of carbonyl (C=O) groups is 1. The molecule has 1 N–H and O–H groups in total. The molecule has 24 heavy (non-hydrogen) atoms. The van der Waals surface area contributed by atoms with Gasteiger partial charge in [0, 0.05) is 24.9 Å². The van der Waals surface area contributed by atoms with Crippen LogP contribution in [0.5, 0.6) is 0 Å². The molecule has 132 valence electrons. The van der Waals surface area contributed by atoms with Crippen molar-refractivity contribution >= 4 is 6.09 Å². The highest BCUT2D eigenvalue weighted by Crippen LogP contribution is 2.44. The van der Waals surface area contributed by atoms with Crippen molar-refractivity contribution in [2.24, 2.45) is 0 Å². The number of fused-ring (bicyclic) bond motifs is 2. The lowest BCUT2D eigenvalue weighted by atomic mass is 9.72. The summed E-state index contributed by atoms with van der Waals surface area (Å²) in [4.78, 5) is 14.6. The first-order chi connectivity index (χ1) is 11.2. The Morgan fingerprint density at radius 3 is 2.42 bits per heavy atom. The number of amides is 1. The van der Waals surface area contributed by atoms with Gasteiger partial charge in [0.1, 0.15) is 5.60 Å². The molecule has 0 aliphatic carbocycles. The van der Waals surface area contributed by atoms with Crippen molar-refractivity contribution in [2.45, 2.75) is 83.1 Å². The van der Waals surface area contributed by atoms with E-state index in [1.54, 1.807) is 0 Å². The van der Waals surface area contributed by atoms with Gasteiger partial charge in [0.05, 0.1) is 5.60 Å². The van der Waals surface area contributed by atoms with Crippen LogP contribution in [0.4, 0.5) is 4.79 Å². The second-order valence-corrected chi connectivity index (χ2v) is 8.44. The number of hydrogen-bond acceptors (Lipinski definition) is 3. The van der Waals surface area contributed by atoms with Crippen LogP contribution in [0.2, 0.25) is 0 Å². The van der Waals surface area contributed by atoms with E-state index in [0.717, 1.165) is 30.4 Å². The summed E-state index contributed by atoms with van der Waals surface area (Å²) in [7, 11) is 0. The normalized spacial score (nSPS) is 30.1. The van der Waals surface area contributed by atoms with Crippen LogP contribution in [0, 0.1) is 6.92 Å². The fourth-order valence-corrected chi connectivity index (χ4v) is 4.21. The zero-order valence-electron chi connectivity index (χ0n) is 15.2. The lowest BCUT2D eigenvalue weighted by molar-refractivity contribution is -0.0965. The van der Waals surface area contributed by atoms with Crippen molar-refractivity contribution in [3.63, 3.8) is 0 Å². The summed E-state index contributed by atoms with van der Waals surface area (Å²) >= 11 is 0. The first-order valence-corrected chi connectivity index (χ1v) is 8.99. The minimum atomic E-state index is -0.847. The first-order valence-electron chi connectivity index (χ1n) is 8.99. The molecule has 0 spiro atoms. The highest BCUT2D eigenvalue weighted by Gasteiger charge is 2.49. The molecule has 4 heteroatoms. The summed E-state index contributed by atoms with van der Waals surface area (Å²) in [6, 6.07) is 8.23. The quantitative estimate of drug-likeness (QED) is 0.841. The van der Waals surface area contributed by atoms with Gasteiger partial charge in [-0.05, 0) is 52.5 Å². The van der Waals surface area contributed by atoms with Crippen LogP contribution < -0.4 is 0 Å². The monoisotopic (exact) mass is 331 g/mol. The smallest absolute Gasteiger partial charge is 0.410 e. The number of hydrogen-bond donors (Lipinski definition) is 1. The maximum atomic E-state index is 12.7. The average Bonchev–Trinajstić information content (AvgIpc) is 2.44. The maximum Gasteiger partial charge on any atom is 0.410 e. The number of nitrogens with zero attached hydrogens (tertiary/aromatic N) is 1. The van der Waals surface area contributed by atoms with Crippen molar-refractivity contribution in [3.05, 3.63) is 35.4 Å². The molecule has 2 fully saturated rings. The zero-order valence-corrected chi connectivity index (χ0v) is 15.2. The summed E-state index contributed by atoms with van der Waals surface area (Å²) in [6.45, 7) is 7.73. The van der Waals surface area contributed by atoms with Crippen molar-refractivity contribution in [1.82, 2.24) is 4.90 Å². The average molecular weight is 331 g/mol. The van der Waals surface area contributed by atoms with Gasteiger partial charge in [-0.1, -0.05) is 29.8 Å². The van der Waals surface area contributed by atoms with E-state index in [0.29, 0.717) is 12.8 Å². The third-order valence-electron chi connectivity index (χ3n) is 5.17. The molecule has 2 saturated heterocycles. The van der Waals surface area contributed by atoms with E-state index < -0.39 is 11.2 Å². The zero-order chi connectivity index (χ0) is 17.5. The van der Waals surface area contributed by atoms with E-state index in [9.17, 15) is 9.90 Å². The van der Waals surface area contributed by atoms with Crippen LogP contribution >= 0.6 is 0 Å². The van der Waals surface area contributed by atoms with Crippen molar-refractivity contribution in [2.75, 3.05) is 0 Å². The van der Waals surface area contributed by atoms with Gasteiger partial charge in [-0.2, -0.15) is 0 Å². The molecule has 1 aromatic rings. The third kappa shape index (κ3) is 3.44. The molecule has 2 heterocycles. The Balaban J connectivity index is 1.84. The molecule has 0 saturated carbocycles. The Kier molecular flexibility index (Phi) is 4.37. The summed E-state index contributed by atoms with van der Waals surface area (Å²) in [5.41, 5.74) is 0.791. The molecule has 1 amide bonds. The van der Waals surface area contributed by atoms with Gasteiger partial charge in [-0.15, -0.1) is 0 Å². The number of aryl methyl sites for hydroxylation is 1. The highest BCUT2D eigenvalue weighted by atomic mass is 16.6. The first kappa shape index (κ1) is 17.3. The van der Waals surface area contributed by atoms with E-state index in [2.05, 4.69) is 6.07 Å². The predicted molar refractivity (Wildman–Crippen MR) is 93.8 cm³/mol. The second kappa shape index (κ2) is 6.07. The lowest BCUT2D eigenvalue weighted by Crippen LogP contribution is -2.59. The number of aliphatic hydroxyl groups is 1. The number of piperidine rings is 2. The van der Waals surface area contributed by atoms with E-state index in [-0.39, 0.29) is 18.2 Å². The largest absolute Gasteiger partial charge is 0.444 e. The van der Waals surface area contributed by atoms with Gasteiger partial charge in [-0.25, -0.2) is 4.79 Å². The van der Waals surface area contributed by atoms with Gasteiger partial charge in [-0.3, -0.25) is 0 Å². The van der Waals surface area contributed by atoms with Crippen molar-refractivity contribution in [1.29, 1.82) is 0 Å². The second-order valence-electron chi connectivity index (χ2n) is 8.44. The van der Waals surface area contributed by atoms with Crippen LogP contribution in [0.3, 0.4) is 0 Å². The number of carbonyl (C=O) groups excluding carboxylic acids is 1. The van der Waals surface area contributed by atoms with Crippen molar-refractivity contribution in [3.8, 4) is 0 Å². The maximum absolute atomic E-state index is 12.7. The Morgan fingerprint density at radius 2 is 1.88 bits per heavy atom. The Labute approximate surface area is 144 Å². The minimum Gasteiger partial charge on any atom is -0.444 e. The summed E-state index contributed by atoms with van der Waals surface area (Å²) in [5, 5.41) is 11.3. The summed E-state index contributed by atoms with van der Waals surface area (Å²) in [5.74, 6) is 0. The van der Waals surface area contributed by atoms with E-state index >= 15 is 0 Å². The standard InChI is InChI=1S/C20H29NO3/c1-14-7-5-8-15(11-14)20(23)12-16-9-6-10-17(13-20)21(16)18(22)24-19(2,3)4/h5,7-8,11,16-17,23H,6,9-10,12-13H2,1-4H3. The fourth-order valence-electron chi connectivity index (χ4n) is 4.21. The van der Waals surface area contributed by atoms with Gasteiger partial charge < -0.3 is 14.7 Å². The van der Waals surface area contributed by atoms with E-state index in [1.165, 1.54) is 0 Å². The molecular weight excluding hydrogens is 302 g/mol. The van der Waals surface area contributed by atoms with Crippen LogP contribution in [0.25, 0.3) is 0 Å². The van der Waals surface area contributed by atoms with Crippen molar-refractivity contribution < 1.29 is 14.6 Å². The lowest BCUT2D eigenvalue weighted by Gasteiger charge is -2.52. The molecule has 2 aliphatic heterocycles. The molecule has 2 atom stereocenters. The molecule has 4 nitrogen and oxygen atoms in total. The summed E-state index contributed by atoms with van der Waals surface area (Å²) < 4.78 is 5.61. The number of rotatable bonds is 1. The van der Waals surface area contributed by atoms with Crippen LogP contribution in [0.15, 0.2) is 24.3 Å². The molecule has 0 aromatic heterocycles. The van der Waals surface area contributed by atoms with Crippen LogP contribution in [-0.4, -0.2) is 33.8 Å². The highest BCUT2D eigenvalue weighted by molar-refractivity contribution is 5.69. The van der Waals surface area contributed by atoms with Gasteiger partial charge >= 0.3 is 6.09 Å². The number of ether oxygens (including phenoxy) is 1. The minimum absolute atomic E-state index is 0.0536. The molecular formula is C20H29NO3. The molecule has 1 aromatic carbocycles. The SMILES string of the molecule is Cc1cccc(C2(O)CC3CCCC(C2)N3C(=O)OC(C)(C)C)c1.